The highest BCUT2D eigenvalue weighted by Gasteiger charge is 2.12. The minimum Gasteiger partial charge on any atom is -0.495 e. The standard InChI is InChI=1S/C16H13N3OS/c1-10-4-3-5-13-15(10)18-16(21)19(13)12-7-6-11(9-17)8-14(12)20-2/h3-8H,1-2H3,(H,18,21). The van der Waals surface area contributed by atoms with Crippen LogP contribution in [0.5, 0.6) is 5.75 Å². The molecule has 0 aliphatic heterocycles. The summed E-state index contributed by atoms with van der Waals surface area (Å²) in [6.07, 6.45) is 0. The fourth-order valence-corrected chi connectivity index (χ4v) is 2.74. The number of nitrogens with zero attached hydrogens (tertiary/aromatic N) is 2. The number of H-pyrrole nitrogens is 1. The van der Waals surface area contributed by atoms with E-state index in [1.807, 2.05) is 35.8 Å². The maximum atomic E-state index is 9.00. The fourth-order valence-electron chi connectivity index (χ4n) is 2.44. The molecule has 0 radical (unpaired) electrons. The lowest BCUT2D eigenvalue weighted by Crippen LogP contribution is -1.98. The summed E-state index contributed by atoms with van der Waals surface area (Å²) in [5.74, 6) is 0.618. The minimum atomic E-state index is 0.554. The lowest BCUT2D eigenvalue weighted by molar-refractivity contribution is 0.413. The van der Waals surface area contributed by atoms with E-state index in [0.717, 1.165) is 22.3 Å². The molecule has 0 aliphatic rings. The molecule has 4 nitrogen and oxygen atoms in total. The number of nitriles is 1. The molecule has 0 spiro atoms. The van der Waals surface area contributed by atoms with Crippen molar-refractivity contribution in [2.75, 3.05) is 7.11 Å². The number of imidazole rings is 1. The van der Waals surface area contributed by atoms with Crippen molar-refractivity contribution < 1.29 is 4.74 Å². The van der Waals surface area contributed by atoms with Crippen LogP contribution in [0.1, 0.15) is 11.1 Å². The highest BCUT2D eigenvalue weighted by atomic mass is 32.1. The number of rotatable bonds is 2. The number of aryl methyl sites for hydroxylation is 1. The lowest BCUT2D eigenvalue weighted by atomic mass is 10.2. The van der Waals surface area contributed by atoms with E-state index in [0.29, 0.717) is 16.1 Å². The number of methoxy groups -OCH3 is 1. The molecule has 1 heterocycles. The van der Waals surface area contributed by atoms with Gasteiger partial charge in [0, 0.05) is 6.07 Å². The van der Waals surface area contributed by atoms with Gasteiger partial charge >= 0.3 is 0 Å². The van der Waals surface area contributed by atoms with Crippen molar-refractivity contribution in [3.8, 4) is 17.5 Å². The molecule has 0 bridgehead atoms. The predicted molar refractivity (Wildman–Crippen MR) is 84.5 cm³/mol. The third-order valence-electron chi connectivity index (χ3n) is 3.48. The normalized spacial score (nSPS) is 10.5. The van der Waals surface area contributed by atoms with Crippen LogP contribution >= 0.6 is 12.2 Å². The smallest absolute Gasteiger partial charge is 0.182 e. The van der Waals surface area contributed by atoms with Gasteiger partial charge in [0.15, 0.2) is 4.77 Å². The van der Waals surface area contributed by atoms with Crippen LogP contribution in [0.15, 0.2) is 36.4 Å². The monoisotopic (exact) mass is 295 g/mol. The number of nitrogens with one attached hydrogen (secondary N) is 1. The van der Waals surface area contributed by atoms with Crippen molar-refractivity contribution in [1.82, 2.24) is 9.55 Å². The number of para-hydroxylation sites is 1. The molecule has 0 aliphatic carbocycles. The highest BCUT2D eigenvalue weighted by molar-refractivity contribution is 7.71. The maximum absolute atomic E-state index is 9.00. The average Bonchev–Trinajstić information content (AvgIpc) is 2.84. The zero-order chi connectivity index (χ0) is 15.0. The van der Waals surface area contributed by atoms with E-state index in [1.54, 1.807) is 19.2 Å². The zero-order valence-corrected chi connectivity index (χ0v) is 12.5. The van der Waals surface area contributed by atoms with Crippen molar-refractivity contribution in [2.45, 2.75) is 6.92 Å². The summed E-state index contributed by atoms with van der Waals surface area (Å²) in [6.45, 7) is 2.04. The summed E-state index contributed by atoms with van der Waals surface area (Å²) in [6, 6.07) is 13.5. The molecule has 5 heteroatoms. The van der Waals surface area contributed by atoms with E-state index in [2.05, 4.69) is 11.1 Å². The molecule has 0 unspecified atom stereocenters. The van der Waals surface area contributed by atoms with Gasteiger partial charge in [0.05, 0.1) is 35.5 Å². The number of hydrogen-bond acceptors (Lipinski definition) is 3. The van der Waals surface area contributed by atoms with Crippen LogP contribution in [0.4, 0.5) is 0 Å². The molecule has 3 aromatic rings. The third kappa shape index (κ3) is 2.10. The summed E-state index contributed by atoms with van der Waals surface area (Å²) < 4.78 is 7.94. The van der Waals surface area contributed by atoms with Crippen LogP contribution in [0, 0.1) is 23.0 Å². The lowest BCUT2D eigenvalue weighted by Gasteiger charge is -2.10. The van der Waals surface area contributed by atoms with Crippen molar-refractivity contribution in [2.24, 2.45) is 0 Å². The van der Waals surface area contributed by atoms with Crippen LogP contribution in [-0.2, 0) is 0 Å². The van der Waals surface area contributed by atoms with E-state index in [1.165, 1.54) is 0 Å². The molecule has 0 fully saturated rings. The number of benzene rings is 2. The molecule has 1 N–H and O–H groups in total. The van der Waals surface area contributed by atoms with Crippen LogP contribution in [-0.4, -0.2) is 16.7 Å². The largest absolute Gasteiger partial charge is 0.495 e. The fraction of sp³-hybridized carbons (Fsp3) is 0.125. The third-order valence-corrected chi connectivity index (χ3v) is 3.76. The molecule has 0 atom stereocenters. The summed E-state index contributed by atoms with van der Waals surface area (Å²) in [7, 11) is 1.59. The predicted octanol–water partition coefficient (Wildman–Crippen LogP) is 3.88. The second kappa shape index (κ2) is 5.08. The van der Waals surface area contributed by atoms with Gasteiger partial charge in [-0.15, -0.1) is 0 Å². The Morgan fingerprint density at radius 1 is 1.29 bits per heavy atom. The Balaban J connectivity index is 2.36. The van der Waals surface area contributed by atoms with Crippen molar-refractivity contribution in [3.63, 3.8) is 0 Å². The molecule has 21 heavy (non-hydrogen) atoms. The van der Waals surface area contributed by atoms with Crippen LogP contribution in [0.3, 0.4) is 0 Å². The Bertz CT molecular complexity index is 931. The van der Waals surface area contributed by atoms with Gasteiger partial charge in [-0.2, -0.15) is 5.26 Å². The van der Waals surface area contributed by atoms with Gasteiger partial charge < -0.3 is 9.72 Å². The molecule has 0 saturated carbocycles. The Kier molecular flexibility index (Phi) is 3.24. The van der Waals surface area contributed by atoms with Crippen LogP contribution in [0.2, 0.25) is 0 Å². The first kappa shape index (κ1) is 13.4. The Morgan fingerprint density at radius 2 is 2.10 bits per heavy atom. The van der Waals surface area contributed by atoms with Crippen LogP contribution < -0.4 is 4.74 Å². The molecule has 3 rings (SSSR count). The summed E-state index contributed by atoms with van der Waals surface area (Å²) in [4.78, 5) is 3.23. The van der Waals surface area contributed by atoms with E-state index in [-0.39, 0.29) is 0 Å². The second-order valence-electron chi connectivity index (χ2n) is 4.73. The van der Waals surface area contributed by atoms with Gasteiger partial charge in [0.1, 0.15) is 5.75 Å². The molecular formula is C16H13N3OS. The summed E-state index contributed by atoms with van der Waals surface area (Å²) in [5.41, 5.74) is 4.50. The van der Waals surface area contributed by atoms with E-state index in [9.17, 15) is 0 Å². The minimum absolute atomic E-state index is 0.554. The number of fused-ring (bicyclic) bond motifs is 1. The van der Waals surface area contributed by atoms with Crippen molar-refractivity contribution in [3.05, 3.63) is 52.3 Å². The maximum Gasteiger partial charge on any atom is 0.182 e. The van der Waals surface area contributed by atoms with Crippen molar-refractivity contribution in [1.29, 1.82) is 5.26 Å². The molecule has 2 aromatic carbocycles. The average molecular weight is 295 g/mol. The first-order valence-corrected chi connectivity index (χ1v) is 6.85. The van der Waals surface area contributed by atoms with Crippen molar-refractivity contribution >= 4 is 23.3 Å². The first-order chi connectivity index (χ1) is 10.2. The topological polar surface area (TPSA) is 53.7 Å². The van der Waals surface area contributed by atoms with Gasteiger partial charge in [-0.25, -0.2) is 0 Å². The molecular weight excluding hydrogens is 282 g/mol. The van der Waals surface area contributed by atoms with E-state index >= 15 is 0 Å². The second-order valence-corrected chi connectivity index (χ2v) is 5.12. The SMILES string of the molecule is COc1cc(C#N)ccc1-n1c(=S)[nH]c2c(C)cccc21. The molecule has 104 valence electrons. The number of aromatic nitrogens is 2. The molecule has 0 saturated heterocycles. The Labute approximate surface area is 127 Å². The first-order valence-electron chi connectivity index (χ1n) is 6.44. The number of aromatic amines is 1. The van der Waals surface area contributed by atoms with Gasteiger partial charge in [-0.3, -0.25) is 4.57 Å². The Hall–Kier alpha value is -2.58. The van der Waals surface area contributed by atoms with Gasteiger partial charge in [0.2, 0.25) is 0 Å². The van der Waals surface area contributed by atoms with Gasteiger partial charge in [-0.05, 0) is 42.9 Å². The van der Waals surface area contributed by atoms with E-state index < -0.39 is 0 Å². The number of ether oxygens (including phenoxy) is 1. The highest BCUT2D eigenvalue weighted by Crippen LogP contribution is 2.29. The van der Waals surface area contributed by atoms with Gasteiger partial charge in [0.25, 0.3) is 0 Å². The summed E-state index contributed by atoms with van der Waals surface area (Å²) in [5, 5.41) is 9.00. The summed E-state index contributed by atoms with van der Waals surface area (Å²) >= 11 is 5.45. The quantitative estimate of drug-likeness (QED) is 0.730. The van der Waals surface area contributed by atoms with Gasteiger partial charge in [-0.1, -0.05) is 12.1 Å². The number of hydrogen-bond donors (Lipinski definition) is 1. The molecule has 1 aromatic heterocycles. The Morgan fingerprint density at radius 3 is 2.81 bits per heavy atom. The van der Waals surface area contributed by atoms with Crippen LogP contribution in [0.25, 0.3) is 16.7 Å². The molecule has 0 amide bonds. The van der Waals surface area contributed by atoms with E-state index in [4.69, 9.17) is 22.2 Å². The zero-order valence-electron chi connectivity index (χ0n) is 11.7.